The number of hydrogen-bond acceptors (Lipinski definition) is 2. The molecule has 0 atom stereocenters. The molecule has 0 aliphatic heterocycles. The molecule has 100 valence electrons. The van der Waals surface area contributed by atoms with Crippen molar-refractivity contribution in [2.45, 2.75) is 25.8 Å². The third kappa shape index (κ3) is 2.84. The lowest BCUT2D eigenvalue weighted by molar-refractivity contribution is -0.138. The van der Waals surface area contributed by atoms with Crippen LogP contribution in [0, 0.1) is 0 Å². The van der Waals surface area contributed by atoms with Crippen LogP contribution in [0.4, 0.5) is 13.2 Å². The highest BCUT2D eigenvalue weighted by atomic mass is 35.5. The van der Waals surface area contributed by atoms with Crippen LogP contribution >= 0.6 is 11.6 Å². The Bertz CT molecular complexity index is 497. The Morgan fingerprint density at radius 1 is 1.39 bits per heavy atom. The zero-order valence-corrected chi connectivity index (χ0v) is 11.6. The number of halogens is 4. The number of alkyl halides is 3. The van der Waals surface area contributed by atoms with Crippen molar-refractivity contribution < 1.29 is 23.1 Å². The molecule has 1 aromatic heterocycles. The standard InChI is InChI=1S/C10H11ClF3NO2Si/c1-18(2,3)8-7(11)6(10(12,13)14)5(4-15-8)9(16)17/h4H,1-3H3,(H,16,17). The third-order valence-electron chi connectivity index (χ3n) is 2.24. The van der Waals surface area contributed by atoms with E-state index in [1.54, 1.807) is 19.6 Å². The van der Waals surface area contributed by atoms with Gasteiger partial charge in [-0.1, -0.05) is 31.2 Å². The summed E-state index contributed by atoms with van der Waals surface area (Å²) in [6.45, 7) is 5.34. The molecule has 8 heteroatoms. The number of carbonyl (C=O) groups is 1. The van der Waals surface area contributed by atoms with E-state index in [2.05, 4.69) is 4.98 Å². The number of hydrogen-bond donors (Lipinski definition) is 1. The summed E-state index contributed by atoms with van der Waals surface area (Å²) in [5.74, 6) is -1.70. The molecule has 0 bridgehead atoms. The van der Waals surface area contributed by atoms with Crippen molar-refractivity contribution in [3.05, 3.63) is 22.3 Å². The maximum absolute atomic E-state index is 12.9. The van der Waals surface area contributed by atoms with Crippen LogP contribution in [0.2, 0.25) is 24.7 Å². The number of aromatic nitrogens is 1. The molecular weight excluding hydrogens is 287 g/mol. The zero-order chi connectivity index (χ0) is 14.3. The minimum Gasteiger partial charge on any atom is -0.478 e. The van der Waals surface area contributed by atoms with Crippen LogP contribution in [0.5, 0.6) is 0 Å². The largest absolute Gasteiger partial charge is 0.478 e. The molecule has 0 saturated heterocycles. The predicted octanol–water partition coefficient (Wildman–Crippen LogP) is 3.00. The number of carboxylic acids is 1. The molecular formula is C10H11ClF3NO2Si. The van der Waals surface area contributed by atoms with E-state index in [0.717, 1.165) is 6.20 Å². The van der Waals surface area contributed by atoms with Gasteiger partial charge in [0.25, 0.3) is 0 Å². The molecule has 0 radical (unpaired) electrons. The fourth-order valence-corrected chi connectivity index (χ4v) is 3.79. The van der Waals surface area contributed by atoms with Crippen molar-refractivity contribution in [3.63, 3.8) is 0 Å². The van der Waals surface area contributed by atoms with Crippen molar-refractivity contribution in [1.29, 1.82) is 0 Å². The molecule has 1 rings (SSSR count). The number of pyridine rings is 1. The lowest BCUT2D eigenvalue weighted by atomic mass is 10.1. The normalized spacial score (nSPS) is 12.6. The van der Waals surface area contributed by atoms with E-state index in [4.69, 9.17) is 16.7 Å². The van der Waals surface area contributed by atoms with Crippen molar-refractivity contribution >= 4 is 31.0 Å². The van der Waals surface area contributed by atoms with E-state index < -0.39 is 36.4 Å². The minimum absolute atomic E-state index is 0.154. The minimum atomic E-state index is -4.82. The van der Waals surface area contributed by atoms with Gasteiger partial charge < -0.3 is 5.11 Å². The molecule has 1 heterocycles. The maximum atomic E-state index is 12.9. The Morgan fingerprint density at radius 3 is 2.22 bits per heavy atom. The molecule has 0 fully saturated rings. The summed E-state index contributed by atoms with van der Waals surface area (Å²) in [7, 11) is -2.18. The Morgan fingerprint density at radius 2 is 1.89 bits per heavy atom. The summed E-state index contributed by atoms with van der Waals surface area (Å²) in [4.78, 5) is 14.6. The monoisotopic (exact) mass is 297 g/mol. The number of carboxylic acid groups (broad SMARTS) is 1. The van der Waals surface area contributed by atoms with Crippen molar-refractivity contribution in [1.82, 2.24) is 4.98 Å². The van der Waals surface area contributed by atoms with Crippen molar-refractivity contribution in [3.8, 4) is 0 Å². The summed E-state index contributed by atoms with van der Waals surface area (Å²) in [5.41, 5.74) is -2.24. The van der Waals surface area contributed by atoms with E-state index in [-0.39, 0.29) is 5.32 Å². The fraction of sp³-hybridized carbons (Fsp3) is 0.400. The first-order valence-electron chi connectivity index (χ1n) is 4.95. The molecule has 0 spiro atoms. The van der Waals surface area contributed by atoms with Crippen LogP contribution in [0.15, 0.2) is 6.20 Å². The van der Waals surface area contributed by atoms with Gasteiger partial charge in [0.05, 0.1) is 16.1 Å². The van der Waals surface area contributed by atoms with Crippen LogP contribution in [0.25, 0.3) is 0 Å². The second-order valence-corrected chi connectivity index (χ2v) is 10.1. The van der Waals surface area contributed by atoms with Crippen LogP contribution < -0.4 is 5.32 Å². The van der Waals surface area contributed by atoms with E-state index in [9.17, 15) is 18.0 Å². The highest BCUT2D eigenvalue weighted by Crippen LogP contribution is 2.36. The summed E-state index contributed by atoms with van der Waals surface area (Å²) in [6.07, 6.45) is -4.09. The molecule has 0 aliphatic rings. The van der Waals surface area contributed by atoms with E-state index >= 15 is 0 Å². The number of aromatic carboxylic acids is 1. The highest BCUT2D eigenvalue weighted by Gasteiger charge is 2.40. The van der Waals surface area contributed by atoms with Gasteiger partial charge in [-0.05, 0) is 0 Å². The summed E-state index contributed by atoms with van der Waals surface area (Å²) in [6, 6.07) is 0. The third-order valence-corrected chi connectivity index (χ3v) is 4.57. The molecule has 1 N–H and O–H groups in total. The zero-order valence-electron chi connectivity index (χ0n) is 9.89. The van der Waals surface area contributed by atoms with E-state index in [0.29, 0.717) is 0 Å². The van der Waals surface area contributed by atoms with Gasteiger partial charge in [-0.2, -0.15) is 13.2 Å². The van der Waals surface area contributed by atoms with Gasteiger partial charge >= 0.3 is 12.1 Å². The quantitative estimate of drug-likeness (QED) is 0.854. The van der Waals surface area contributed by atoms with Crippen molar-refractivity contribution in [2.75, 3.05) is 0 Å². The Balaban J connectivity index is 3.67. The van der Waals surface area contributed by atoms with Crippen molar-refractivity contribution in [2.24, 2.45) is 0 Å². The number of nitrogens with zero attached hydrogens (tertiary/aromatic N) is 1. The second kappa shape index (κ2) is 4.54. The molecule has 1 aromatic rings. The molecule has 3 nitrogen and oxygen atoms in total. The summed E-state index contributed by atoms with van der Waals surface area (Å²) < 4.78 is 38.6. The molecule has 0 amide bonds. The SMILES string of the molecule is C[Si](C)(C)c1ncc(C(=O)O)c(C(F)(F)F)c1Cl. The maximum Gasteiger partial charge on any atom is 0.418 e. The van der Waals surface area contributed by atoms with Gasteiger partial charge in [-0.25, -0.2) is 4.79 Å². The average Bonchev–Trinajstić information content (AvgIpc) is 2.12. The van der Waals surface area contributed by atoms with Crippen LogP contribution in [-0.2, 0) is 6.18 Å². The molecule has 18 heavy (non-hydrogen) atoms. The summed E-state index contributed by atoms with van der Waals surface area (Å²) >= 11 is 5.72. The first-order valence-corrected chi connectivity index (χ1v) is 8.83. The Hall–Kier alpha value is -1.08. The summed E-state index contributed by atoms with van der Waals surface area (Å²) in [5, 5.41) is 8.32. The van der Waals surface area contributed by atoms with Crippen LogP contribution in [-0.4, -0.2) is 24.1 Å². The van der Waals surface area contributed by atoms with Crippen LogP contribution in [0.1, 0.15) is 15.9 Å². The van der Waals surface area contributed by atoms with E-state index in [1.807, 2.05) is 0 Å². The highest BCUT2D eigenvalue weighted by molar-refractivity contribution is 6.89. The van der Waals surface area contributed by atoms with Gasteiger partial charge in [0.15, 0.2) is 0 Å². The van der Waals surface area contributed by atoms with Gasteiger partial charge in [-0.3, -0.25) is 4.98 Å². The smallest absolute Gasteiger partial charge is 0.418 e. The lowest BCUT2D eigenvalue weighted by Gasteiger charge is -2.21. The van der Waals surface area contributed by atoms with Gasteiger partial charge in [0, 0.05) is 11.5 Å². The lowest BCUT2D eigenvalue weighted by Crippen LogP contribution is -2.42. The van der Waals surface area contributed by atoms with Gasteiger partial charge in [0.1, 0.15) is 8.07 Å². The topological polar surface area (TPSA) is 50.2 Å². The van der Waals surface area contributed by atoms with E-state index in [1.165, 1.54) is 0 Å². The Labute approximate surface area is 108 Å². The predicted molar refractivity (Wildman–Crippen MR) is 64.2 cm³/mol. The van der Waals surface area contributed by atoms with Crippen LogP contribution in [0.3, 0.4) is 0 Å². The average molecular weight is 298 g/mol. The Kier molecular flexibility index (Phi) is 3.78. The number of rotatable bonds is 2. The molecule has 0 unspecified atom stereocenters. The van der Waals surface area contributed by atoms with Gasteiger partial charge in [0.2, 0.25) is 0 Å². The second-order valence-electron chi connectivity index (χ2n) is 4.76. The molecule has 0 aliphatic carbocycles. The van der Waals surface area contributed by atoms with Gasteiger partial charge in [-0.15, -0.1) is 0 Å². The molecule has 0 saturated carbocycles. The fourth-order valence-electron chi connectivity index (χ4n) is 1.45. The first-order chi connectivity index (χ1) is 7.96. The first kappa shape index (κ1) is 15.0. The molecule has 0 aromatic carbocycles.